The lowest BCUT2D eigenvalue weighted by molar-refractivity contribution is -0.131. The highest BCUT2D eigenvalue weighted by Gasteiger charge is 2.05. The summed E-state index contributed by atoms with van der Waals surface area (Å²) in [5.41, 5.74) is 0. The Morgan fingerprint density at radius 1 is 1.50 bits per heavy atom. The maximum Gasteiger partial charge on any atom is 0.329 e. The van der Waals surface area contributed by atoms with Gasteiger partial charge >= 0.3 is 5.97 Å². The Morgan fingerprint density at radius 3 is 2.33 bits per heavy atom. The van der Waals surface area contributed by atoms with E-state index in [9.17, 15) is 4.79 Å². The minimum absolute atomic E-state index is 0.445. The highest BCUT2D eigenvalue weighted by molar-refractivity contribution is 5.79. The second-order valence-electron chi connectivity index (χ2n) is 2.79. The number of nitrogens with zero attached hydrogens (tertiary/aromatic N) is 1. The fourth-order valence-electron chi connectivity index (χ4n) is 1.17. The minimum atomic E-state index is -0.896. The van der Waals surface area contributed by atoms with Crippen LogP contribution in [0.1, 0.15) is 26.7 Å². The highest BCUT2D eigenvalue weighted by Crippen LogP contribution is 2.05. The van der Waals surface area contributed by atoms with Crippen molar-refractivity contribution >= 4 is 5.97 Å². The molecule has 70 valence electrons. The SMILES string of the molecule is CCC(CC)N(C)C=CC(=O)O. The van der Waals surface area contributed by atoms with Crippen molar-refractivity contribution in [2.45, 2.75) is 32.7 Å². The minimum Gasteiger partial charge on any atom is -0.478 e. The first kappa shape index (κ1) is 11.0. The molecule has 3 heteroatoms. The van der Waals surface area contributed by atoms with Gasteiger partial charge in [-0.3, -0.25) is 0 Å². The van der Waals surface area contributed by atoms with E-state index in [4.69, 9.17) is 5.11 Å². The molecule has 0 unspecified atom stereocenters. The van der Waals surface area contributed by atoms with Crippen LogP contribution in [0.25, 0.3) is 0 Å². The molecule has 0 aliphatic heterocycles. The predicted octanol–water partition coefficient (Wildman–Crippen LogP) is 1.71. The van der Waals surface area contributed by atoms with Crippen LogP contribution in [-0.2, 0) is 4.79 Å². The molecular formula is C9H17NO2. The van der Waals surface area contributed by atoms with Gasteiger partial charge in [-0.15, -0.1) is 0 Å². The van der Waals surface area contributed by atoms with Crippen LogP contribution in [0.4, 0.5) is 0 Å². The van der Waals surface area contributed by atoms with Crippen LogP contribution in [0, 0.1) is 0 Å². The van der Waals surface area contributed by atoms with Crippen molar-refractivity contribution in [1.29, 1.82) is 0 Å². The van der Waals surface area contributed by atoms with Crippen molar-refractivity contribution in [1.82, 2.24) is 4.90 Å². The van der Waals surface area contributed by atoms with Gasteiger partial charge in [-0.2, -0.15) is 0 Å². The first-order valence-corrected chi connectivity index (χ1v) is 4.24. The highest BCUT2D eigenvalue weighted by atomic mass is 16.4. The number of rotatable bonds is 5. The van der Waals surface area contributed by atoms with Crippen molar-refractivity contribution in [3.8, 4) is 0 Å². The largest absolute Gasteiger partial charge is 0.478 e. The van der Waals surface area contributed by atoms with E-state index in [1.807, 2.05) is 11.9 Å². The van der Waals surface area contributed by atoms with Crippen LogP contribution < -0.4 is 0 Å². The van der Waals surface area contributed by atoms with Gasteiger partial charge in [0.2, 0.25) is 0 Å². The molecule has 0 fully saturated rings. The molecule has 12 heavy (non-hydrogen) atoms. The molecule has 1 N–H and O–H groups in total. The van der Waals surface area contributed by atoms with Gasteiger partial charge in [-0.25, -0.2) is 4.79 Å². The topological polar surface area (TPSA) is 40.5 Å². The van der Waals surface area contributed by atoms with Crippen LogP contribution in [0.15, 0.2) is 12.3 Å². The van der Waals surface area contributed by atoms with Gasteiger partial charge in [0.05, 0.1) is 0 Å². The van der Waals surface area contributed by atoms with Crippen LogP contribution in [-0.4, -0.2) is 29.1 Å². The fraction of sp³-hybridized carbons (Fsp3) is 0.667. The van der Waals surface area contributed by atoms with E-state index >= 15 is 0 Å². The molecule has 0 aromatic rings. The third-order valence-electron chi connectivity index (χ3n) is 1.97. The monoisotopic (exact) mass is 171 g/mol. The lowest BCUT2D eigenvalue weighted by atomic mass is 10.1. The predicted molar refractivity (Wildman–Crippen MR) is 48.9 cm³/mol. The van der Waals surface area contributed by atoms with Crippen molar-refractivity contribution < 1.29 is 9.90 Å². The quantitative estimate of drug-likeness (QED) is 0.640. The van der Waals surface area contributed by atoms with E-state index in [0.29, 0.717) is 6.04 Å². The number of carboxylic acid groups (broad SMARTS) is 1. The molecule has 0 aliphatic carbocycles. The standard InChI is InChI=1S/C9H17NO2/c1-4-8(5-2)10(3)7-6-9(11)12/h6-8H,4-5H2,1-3H3,(H,11,12). The molecule has 0 spiro atoms. The Hall–Kier alpha value is -0.990. The van der Waals surface area contributed by atoms with Gasteiger partial charge in [-0.1, -0.05) is 13.8 Å². The molecule has 0 aliphatic rings. The van der Waals surface area contributed by atoms with Gasteiger partial charge in [0.25, 0.3) is 0 Å². The van der Waals surface area contributed by atoms with Crippen molar-refractivity contribution in [3.05, 3.63) is 12.3 Å². The van der Waals surface area contributed by atoms with Crippen LogP contribution in [0.5, 0.6) is 0 Å². The summed E-state index contributed by atoms with van der Waals surface area (Å²) in [6.07, 6.45) is 4.85. The number of hydrogen-bond acceptors (Lipinski definition) is 2. The van der Waals surface area contributed by atoms with Crippen LogP contribution >= 0.6 is 0 Å². The average molecular weight is 171 g/mol. The maximum atomic E-state index is 10.2. The number of aliphatic carboxylic acids is 1. The third-order valence-corrected chi connectivity index (χ3v) is 1.97. The smallest absolute Gasteiger partial charge is 0.329 e. The fourth-order valence-corrected chi connectivity index (χ4v) is 1.17. The molecule has 0 radical (unpaired) electrons. The van der Waals surface area contributed by atoms with Crippen molar-refractivity contribution in [2.75, 3.05) is 7.05 Å². The van der Waals surface area contributed by atoms with E-state index < -0.39 is 5.97 Å². The second kappa shape index (κ2) is 5.63. The average Bonchev–Trinajstić information content (AvgIpc) is 2.03. The van der Waals surface area contributed by atoms with Crippen LogP contribution in [0.2, 0.25) is 0 Å². The molecule has 0 saturated carbocycles. The van der Waals surface area contributed by atoms with Gasteiger partial charge in [0.15, 0.2) is 0 Å². The molecule has 0 bridgehead atoms. The Bertz CT molecular complexity index is 162. The summed E-state index contributed by atoms with van der Waals surface area (Å²) in [6, 6.07) is 0.445. The molecule has 0 aromatic heterocycles. The first-order chi connectivity index (χ1) is 5.61. The summed E-state index contributed by atoms with van der Waals surface area (Å²) in [6.45, 7) is 4.19. The first-order valence-electron chi connectivity index (χ1n) is 4.24. The number of carboxylic acids is 1. The number of hydrogen-bond donors (Lipinski definition) is 1. The Balaban J connectivity index is 3.99. The summed E-state index contributed by atoms with van der Waals surface area (Å²) in [7, 11) is 1.90. The summed E-state index contributed by atoms with van der Waals surface area (Å²) >= 11 is 0. The molecule has 0 rings (SSSR count). The molecule has 0 saturated heterocycles. The van der Waals surface area contributed by atoms with E-state index in [-0.39, 0.29) is 0 Å². The van der Waals surface area contributed by atoms with E-state index in [0.717, 1.165) is 12.8 Å². The zero-order valence-corrected chi connectivity index (χ0v) is 7.95. The zero-order chi connectivity index (χ0) is 9.56. The van der Waals surface area contributed by atoms with Crippen molar-refractivity contribution in [2.24, 2.45) is 0 Å². The molecule has 3 nitrogen and oxygen atoms in total. The Morgan fingerprint density at radius 2 is 2.00 bits per heavy atom. The van der Waals surface area contributed by atoms with Crippen LogP contribution in [0.3, 0.4) is 0 Å². The Labute approximate surface area is 73.7 Å². The third kappa shape index (κ3) is 4.01. The van der Waals surface area contributed by atoms with Gasteiger partial charge in [0, 0.05) is 25.4 Å². The van der Waals surface area contributed by atoms with E-state index in [1.54, 1.807) is 6.20 Å². The Kier molecular flexibility index (Phi) is 5.17. The number of carbonyl (C=O) groups is 1. The zero-order valence-electron chi connectivity index (χ0n) is 7.95. The van der Waals surface area contributed by atoms with Gasteiger partial charge < -0.3 is 10.0 Å². The summed E-state index contributed by atoms with van der Waals surface area (Å²) in [4.78, 5) is 12.1. The summed E-state index contributed by atoms with van der Waals surface area (Å²) in [5.74, 6) is -0.896. The summed E-state index contributed by atoms with van der Waals surface area (Å²) < 4.78 is 0. The molecular weight excluding hydrogens is 154 g/mol. The molecule has 0 aromatic carbocycles. The van der Waals surface area contributed by atoms with E-state index in [1.165, 1.54) is 6.08 Å². The second-order valence-corrected chi connectivity index (χ2v) is 2.79. The molecule has 0 heterocycles. The molecule has 0 atom stereocenters. The lowest BCUT2D eigenvalue weighted by Crippen LogP contribution is -2.25. The van der Waals surface area contributed by atoms with Gasteiger partial charge in [0.1, 0.15) is 0 Å². The normalized spacial score (nSPS) is 11.0. The van der Waals surface area contributed by atoms with Crippen molar-refractivity contribution in [3.63, 3.8) is 0 Å². The van der Waals surface area contributed by atoms with E-state index in [2.05, 4.69) is 13.8 Å². The molecule has 0 amide bonds. The summed E-state index contributed by atoms with van der Waals surface area (Å²) in [5, 5.41) is 8.38. The van der Waals surface area contributed by atoms with Gasteiger partial charge in [-0.05, 0) is 12.8 Å². The lowest BCUT2D eigenvalue weighted by Gasteiger charge is -2.23. The maximum absolute atomic E-state index is 10.2.